The van der Waals surface area contributed by atoms with Crippen LogP contribution in [0.25, 0.3) is 0 Å². The Hall–Kier alpha value is -1.55. The summed E-state index contributed by atoms with van der Waals surface area (Å²) in [5.74, 6) is 0.0868. The number of benzene rings is 1. The highest BCUT2D eigenvalue weighted by atomic mass is 32.2. The van der Waals surface area contributed by atoms with Crippen molar-refractivity contribution >= 4 is 26.5 Å². The van der Waals surface area contributed by atoms with Crippen LogP contribution in [0.15, 0.2) is 29.2 Å². The van der Waals surface area contributed by atoms with Crippen molar-refractivity contribution in [1.29, 1.82) is 0 Å². The molecule has 1 aromatic carbocycles. The van der Waals surface area contributed by atoms with Gasteiger partial charge in [0.1, 0.15) is 5.82 Å². The first kappa shape index (κ1) is 24.6. The van der Waals surface area contributed by atoms with Gasteiger partial charge < -0.3 is 10.6 Å². The van der Waals surface area contributed by atoms with E-state index < -0.39 is 15.8 Å². The van der Waals surface area contributed by atoms with E-state index in [1.165, 1.54) is 28.8 Å². The van der Waals surface area contributed by atoms with Gasteiger partial charge >= 0.3 is 0 Å². The van der Waals surface area contributed by atoms with Gasteiger partial charge in [-0.05, 0) is 95.0 Å². The predicted molar refractivity (Wildman–Crippen MR) is 131 cm³/mol. The van der Waals surface area contributed by atoms with Crippen LogP contribution >= 0.6 is 11.3 Å². The smallest absolute Gasteiger partial charge is 0.240 e. The van der Waals surface area contributed by atoms with E-state index in [9.17, 15) is 12.8 Å². The Labute approximate surface area is 200 Å². The quantitative estimate of drug-likeness (QED) is 0.541. The van der Waals surface area contributed by atoms with Crippen LogP contribution in [0.1, 0.15) is 62.4 Å². The van der Waals surface area contributed by atoms with Crippen LogP contribution in [0.5, 0.6) is 0 Å². The molecule has 2 aromatic rings. The van der Waals surface area contributed by atoms with Gasteiger partial charge in [0.2, 0.25) is 10.0 Å². The van der Waals surface area contributed by atoms with Crippen molar-refractivity contribution in [1.82, 2.24) is 14.6 Å². The van der Waals surface area contributed by atoms with Crippen LogP contribution in [0.3, 0.4) is 0 Å². The van der Waals surface area contributed by atoms with Gasteiger partial charge in [-0.3, -0.25) is 0 Å². The zero-order chi connectivity index (χ0) is 23.4. The number of hydrogen-bond acceptors (Lipinski definition) is 6. The van der Waals surface area contributed by atoms with E-state index in [0.717, 1.165) is 76.9 Å². The van der Waals surface area contributed by atoms with Gasteiger partial charge in [-0.2, -0.15) is 0 Å². The summed E-state index contributed by atoms with van der Waals surface area (Å²) >= 11 is 1.64. The monoisotopic (exact) mass is 494 g/mol. The number of halogens is 1. The first-order chi connectivity index (χ1) is 15.8. The number of nitrogen functional groups attached to an aromatic ring is 1. The van der Waals surface area contributed by atoms with Gasteiger partial charge in [-0.1, -0.05) is 13.0 Å². The SMILES string of the molecule is CCCN(CCC1CCC(NS(=O)(=O)c2cccc(F)c2)CC1)[C@H]1CCc2nc(N)sc2C1. The number of hydrogen-bond donors (Lipinski definition) is 2. The van der Waals surface area contributed by atoms with Gasteiger partial charge in [-0.15, -0.1) is 11.3 Å². The van der Waals surface area contributed by atoms with Crippen molar-refractivity contribution in [3.63, 3.8) is 0 Å². The highest BCUT2D eigenvalue weighted by Crippen LogP contribution is 2.32. The molecule has 1 heterocycles. The summed E-state index contributed by atoms with van der Waals surface area (Å²) in [6.45, 7) is 4.44. The lowest BCUT2D eigenvalue weighted by atomic mass is 9.84. The van der Waals surface area contributed by atoms with Crippen molar-refractivity contribution in [3.05, 3.63) is 40.7 Å². The second kappa shape index (κ2) is 10.8. The molecule has 6 nitrogen and oxygen atoms in total. The summed E-state index contributed by atoms with van der Waals surface area (Å²) in [6, 6.07) is 5.69. The molecular weight excluding hydrogens is 459 g/mol. The minimum absolute atomic E-state index is 0.00170. The second-order valence-electron chi connectivity index (χ2n) is 9.44. The molecule has 0 radical (unpaired) electrons. The number of aromatic nitrogens is 1. The van der Waals surface area contributed by atoms with Crippen molar-refractivity contribution in [2.24, 2.45) is 5.92 Å². The fourth-order valence-corrected chi connectivity index (χ4v) is 7.58. The van der Waals surface area contributed by atoms with Crippen LogP contribution in [-0.2, 0) is 22.9 Å². The number of nitrogens with one attached hydrogen (secondary N) is 1. The minimum Gasteiger partial charge on any atom is -0.375 e. The van der Waals surface area contributed by atoms with Gasteiger partial charge in [0.15, 0.2) is 5.13 Å². The topological polar surface area (TPSA) is 88.3 Å². The predicted octanol–water partition coefficient (Wildman–Crippen LogP) is 4.36. The number of rotatable bonds is 9. The molecule has 0 aliphatic heterocycles. The molecular formula is C24H35FN4O2S2. The molecule has 0 amide bonds. The molecule has 1 fully saturated rings. The number of thiazole rings is 1. The molecule has 1 saturated carbocycles. The lowest BCUT2D eigenvalue weighted by Gasteiger charge is -2.36. The summed E-state index contributed by atoms with van der Waals surface area (Å²) in [4.78, 5) is 8.48. The third kappa shape index (κ3) is 6.32. The number of nitrogens with two attached hydrogens (primary N) is 1. The second-order valence-corrected chi connectivity index (χ2v) is 12.3. The summed E-state index contributed by atoms with van der Waals surface area (Å²) in [7, 11) is -3.68. The third-order valence-corrected chi connectivity index (χ3v) is 9.52. The first-order valence-corrected chi connectivity index (χ1v) is 14.4. The Kier molecular flexibility index (Phi) is 8.04. The summed E-state index contributed by atoms with van der Waals surface area (Å²) in [5.41, 5.74) is 7.12. The Morgan fingerprint density at radius 2 is 2.00 bits per heavy atom. The van der Waals surface area contributed by atoms with E-state index >= 15 is 0 Å². The lowest BCUT2D eigenvalue weighted by molar-refractivity contribution is 0.158. The average Bonchev–Trinajstić information content (AvgIpc) is 3.16. The van der Waals surface area contributed by atoms with E-state index in [4.69, 9.17) is 5.73 Å². The molecule has 0 saturated heterocycles. The van der Waals surface area contributed by atoms with E-state index in [1.54, 1.807) is 11.3 Å². The highest BCUT2D eigenvalue weighted by molar-refractivity contribution is 7.89. The van der Waals surface area contributed by atoms with E-state index in [-0.39, 0.29) is 10.9 Å². The molecule has 9 heteroatoms. The lowest BCUT2D eigenvalue weighted by Crippen LogP contribution is -2.41. The van der Waals surface area contributed by atoms with Crippen molar-refractivity contribution < 1.29 is 12.8 Å². The molecule has 4 rings (SSSR count). The summed E-state index contributed by atoms with van der Waals surface area (Å²) in [5, 5.41) is 0.687. The number of nitrogens with zero attached hydrogens (tertiary/aromatic N) is 2. The summed E-state index contributed by atoms with van der Waals surface area (Å²) < 4.78 is 41.4. The molecule has 0 spiro atoms. The van der Waals surface area contributed by atoms with Crippen molar-refractivity contribution in [3.8, 4) is 0 Å². The maximum absolute atomic E-state index is 13.4. The Balaban J connectivity index is 1.26. The van der Waals surface area contributed by atoms with Gasteiger partial charge in [0, 0.05) is 17.0 Å². The number of anilines is 1. The van der Waals surface area contributed by atoms with E-state index in [2.05, 4.69) is 21.5 Å². The minimum atomic E-state index is -3.68. The van der Waals surface area contributed by atoms with Gasteiger partial charge in [-0.25, -0.2) is 22.5 Å². The molecule has 1 aromatic heterocycles. The molecule has 2 aliphatic rings. The standard InChI is InChI=1S/C24H35FN4O2S2/c1-2-13-29(20-10-11-22-23(16-20)32-24(26)27-22)14-12-17-6-8-19(9-7-17)28-33(30,31)21-5-3-4-18(25)15-21/h3-5,15,17,19-20,28H,2,6-14,16H2,1H3,(H2,26,27)/t17?,19?,20-/m0/s1. The average molecular weight is 495 g/mol. The molecule has 2 aliphatic carbocycles. The maximum Gasteiger partial charge on any atom is 0.240 e. The van der Waals surface area contributed by atoms with Crippen LogP contribution in [0.4, 0.5) is 9.52 Å². The molecule has 1 atom stereocenters. The first-order valence-electron chi connectivity index (χ1n) is 12.1. The van der Waals surface area contributed by atoms with Gasteiger partial charge in [0.25, 0.3) is 0 Å². The largest absolute Gasteiger partial charge is 0.375 e. The summed E-state index contributed by atoms with van der Waals surface area (Å²) in [6.07, 6.45) is 9.22. The van der Waals surface area contributed by atoms with Crippen LogP contribution in [-0.4, -0.2) is 43.5 Å². The normalized spacial score (nSPS) is 23.5. The fourth-order valence-electron chi connectivity index (χ4n) is 5.29. The van der Waals surface area contributed by atoms with Crippen LogP contribution < -0.4 is 10.5 Å². The van der Waals surface area contributed by atoms with E-state index in [1.807, 2.05) is 0 Å². The van der Waals surface area contributed by atoms with Crippen LogP contribution in [0.2, 0.25) is 0 Å². The fraction of sp³-hybridized carbons (Fsp3) is 0.625. The van der Waals surface area contributed by atoms with Crippen molar-refractivity contribution in [2.75, 3.05) is 18.8 Å². The molecule has 182 valence electrons. The Morgan fingerprint density at radius 3 is 2.73 bits per heavy atom. The van der Waals surface area contributed by atoms with Gasteiger partial charge in [0.05, 0.1) is 10.6 Å². The maximum atomic E-state index is 13.4. The number of fused-ring (bicyclic) bond motifs is 1. The highest BCUT2D eigenvalue weighted by Gasteiger charge is 2.29. The number of aryl methyl sites for hydroxylation is 1. The Morgan fingerprint density at radius 1 is 1.21 bits per heavy atom. The third-order valence-electron chi connectivity index (χ3n) is 7.06. The van der Waals surface area contributed by atoms with Crippen LogP contribution in [0, 0.1) is 11.7 Å². The molecule has 0 bridgehead atoms. The van der Waals surface area contributed by atoms with E-state index in [0.29, 0.717) is 17.1 Å². The zero-order valence-electron chi connectivity index (χ0n) is 19.3. The number of sulfonamides is 1. The molecule has 0 unspecified atom stereocenters. The molecule has 3 N–H and O–H groups in total. The Bertz CT molecular complexity index is 1030. The van der Waals surface area contributed by atoms with Crippen molar-refractivity contribution in [2.45, 2.75) is 81.7 Å². The molecule has 33 heavy (non-hydrogen) atoms. The zero-order valence-corrected chi connectivity index (χ0v) is 20.9.